The first-order valence-electron chi connectivity index (χ1n) is 7.63. The van der Waals surface area contributed by atoms with Gasteiger partial charge in [-0.3, -0.25) is 9.59 Å². The third-order valence-electron chi connectivity index (χ3n) is 3.69. The SMILES string of the molecule is COc1ccc(CNC(=O)Cc2nc3cc(F)ccc3c(=O)[nH]2)cc1. The molecule has 0 saturated heterocycles. The Morgan fingerprint density at radius 1 is 1.24 bits per heavy atom. The Balaban J connectivity index is 1.68. The summed E-state index contributed by atoms with van der Waals surface area (Å²) in [7, 11) is 1.58. The third kappa shape index (κ3) is 4.00. The summed E-state index contributed by atoms with van der Waals surface area (Å²) in [6.07, 6.45) is -0.0994. The molecule has 0 spiro atoms. The number of hydrogen-bond acceptors (Lipinski definition) is 4. The maximum absolute atomic E-state index is 13.3. The second-order valence-corrected chi connectivity index (χ2v) is 5.48. The quantitative estimate of drug-likeness (QED) is 0.743. The Hall–Kier alpha value is -3.22. The van der Waals surface area contributed by atoms with E-state index in [2.05, 4.69) is 15.3 Å². The zero-order valence-corrected chi connectivity index (χ0v) is 13.5. The van der Waals surface area contributed by atoms with Crippen LogP contribution in [0.2, 0.25) is 0 Å². The molecule has 3 aromatic rings. The van der Waals surface area contributed by atoms with Gasteiger partial charge in [0.1, 0.15) is 17.4 Å². The number of rotatable bonds is 5. The molecule has 7 heteroatoms. The predicted octanol–water partition coefficient (Wildman–Crippen LogP) is 1.93. The van der Waals surface area contributed by atoms with E-state index in [4.69, 9.17) is 4.74 Å². The zero-order valence-electron chi connectivity index (χ0n) is 13.5. The number of methoxy groups -OCH3 is 1. The van der Waals surface area contributed by atoms with Gasteiger partial charge in [0, 0.05) is 12.6 Å². The average molecular weight is 341 g/mol. The van der Waals surface area contributed by atoms with Gasteiger partial charge < -0.3 is 15.0 Å². The molecular weight excluding hydrogens is 325 g/mol. The van der Waals surface area contributed by atoms with E-state index in [0.29, 0.717) is 6.54 Å². The number of carbonyl (C=O) groups excluding carboxylic acids is 1. The Bertz CT molecular complexity index is 967. The van der Waals surface area contributed by atoms with E-state index in [1.165, 1.54) is 18.2 Å². The number of fused-ring (bicyclic) bond motifs is 1. The highest BCUT2D eigenvalue weighted by Gasteiger charge is 2.09. The van der Waals surface area contributed by atoms with Crippen molar-refractivity contribution in [2.45, 2.75) is 13.0 Å². The first kappa shape index (κ1) is 16.6. The molecule has 0 unspecified atom stereocenters. The average Bonchev–Trinajstić information content (AvgIpc) is 2.60. The van der Waals surface area contributed by atoms with Gasteiger partial charge in [-0.2, -0.15) is 0 Å². The summed E-state index contributed by atoms with van der Waals surface area (Å²) in [4.78, 5) is 30.7. The van der Waals surface area contributed by atoms with Crippen LogP contribution in [0.4, 0.5) is 4.39 Å². The van der Waals surface area contributed by atoms with Gasteiger partial charge in [-0.1, -0.05) is 12.1 Å². The van der Waals surface area contributed by atoms with Crippen LogP contribution < -0.4 is 15.6 Å². The van der Waals surface area contributed by atoms with Crippen LogP contribution in [-0.2, 0) is 17.8 Å². The number of ether oxygens (including phenoxy) is 1. The van der Waals surface area contributed by atoms with E-state index in [1.807, 2.05) is 12.1 Å². The molecule has 3 rings (SSSR count). The molecule has 0 aliphatic rings. The van der Waals surface area contributed by atoms with Crippen LogP contribution in [0.25, 0.3) is 10.9 Å². The van der Waals surface area contributed by atoms with Crippen LogP contribution in [0.15, 0.2) is 47.3 Å². The molecule has 0 aliphatic carbocycles. The van der Waals surface area contributed by atoms with Crippen molar-refractivity contribution < 1.29 is 13.9 Å². The Kier molecular flexibility index (Phi) is 4.74. The Morgan fingerprint density at radius 3 is 2.72 bits per heavy atom. The topological polar surface area (TPSA) is 84.1 Å². The maximum atomic E-state index is 13.3. The summed E-state index contributed by atoms with van der Waals surface area (Å²) in [5.74, 6) is 0.144. The molecule has 128 valence electrons. The first-order valence-corrected chi connectivity index (χ1v) is 7.63. The normalized spacial score (nSPS) is 10.6. The number of benzene rings is 2. The number of aromatic nitrogens is 2. The molecule has 0 saturated carbocycles. The minimum absolute atomic E-state index is 0.0994. The van der Waals surface area contributed by atoms with E-state index < -0.39 is 11.4 Å². The van der Waals surface area contributed by atoms with Crippen LogP contribution in [0.3, 0.4) is 0 Å². The summed E-state index contributed by atoms with van der Waals surface area (Å²) in [6.45, 7) is 0.343. The van der Waals surface area contributed by atoms with Gasteiger partial charge in [-0.05, 0) is 29.8 Å². The van der Waals surface area contributed by atoms with Crippen molar-refractivity contribution >= 4 is 16.8 Å². The molecule has 0 aliphatic heterocycles. The minimum atomic E-state index is -0.486. The predicted molar refractivity (Wildman–Crippen MR) is 90.9 cm³/mol. The summed E-state index contributed by atoms with van der Waals surface area (Å²) in [5, 5.41) is 3.03. The first-order chi connectivity index (χ1) is 12.0. The molecule has 1 amide bonds. The summed E-state index contributed by atoms with van der Waals surface area (Å²) >= 11 is 0. The largest absolute Gasteiger partial charge is 0.497 e. The van der Waals surface area contributed by atoms with Crippen molar-refractivity contribution in [1.29, 1.82) is 0 Å². The molecule has 0 bridgehead atoms. The Labute approximate surface area is 142 Å². The number of aromatic amines is 1. The highest BCUT2D eigenvalue weighted by molar-refractivity contribution is 5.80. The number of hydrogen-bond donors (Lipinski definition) is 2. The molecule has 0 atom stereocenters. The molecule has 6 nitrogen and oxygen atoms in total. The molecule has 2 N–H and O–H groups in total. The fourth-order valence-electron chi connectivity index (χ4n) is 2.40. The molecule has 1 heterocycles. The van der Waals surface area contributed by atoms with E-state index in [0.717, 1.165) is 11.3 Å². The second-order valence-electron chi connectivity index (χ2n) is 5.48. The lowest BCUT2D eigenvalue weighted by Gasteiger charge is -2.07. The molecule has 1 aromatic heterocycles. The smallest absolute Gasteiger partial charge is 0.258 e. The van der Waals surface area contributed by atoms with Crippen LogP contribution in [0.5, 0.6) is 5.75 Å². The van der Waals surface area contributed by atoms with E-state index in [-0.39, 0.29) is 29.1 Å². The van der Waals surface area contributed by atoms with E-state index in [1.54, 1.807) is 19.2 Å². The van der Waals surface area contributed by atoms with Crippen LogP contribution >= 0.6 is 0 Å². The van der Waals surface area contributed by atoms with Crippen LogP contribution in [0, 0.1) is 5.82 Å². The lowest BCUT2D eigenvalue weighted by Crippen LogP contribution is -2.26. The van der Waals surface area contributed by atoms with Gasteiger partial charge in [0.2, 0.25) is 5.91 Å². The standard InChI is InChI=1S/C18H16FN3O3/c1-25-13-5-2-11(3-6-13)10-20-17(23)9-16-21-15-8-12(19)4-7-14(15)18(24)22-16/h2-8H,9-10H2,1H3,(H,20,23)(H,21,22,24). The van der Waals surface area contributed by atoms with Crippen molar-refractivity contribution in [3.63, 3.8) is 0 Å². The Morgan fingerprint density at radius 2 is 2.00 bits per heavy atom. The summed E-state index contributed by atoms with van der Waals surface area (Å²) in [6, 6.07) is 11.0. The highest BCUT2D eigenvalue weighted by Crippen LogP contribution is 2.11. The van der Waals surface area contributed by atoms with Crippen LogP contribution in [-0.4, -0.2) is 23.0 Å². The summed E-state index contributed by atoms with van der Waals surface area (Å²) in [5.41, 5.74) is 0.737. The van der Waals surface area contributed by atoms with Gasteiger partial charge in [0.05, 0.1) is 24.4 Å². The van der Waals surface area contributed by atoms with Gasteiger partial charge >= 0.3 is 0 Å². The van der Waals surface area contributed by atoms with Gasteiger partial charge in [0.25, 0.3) is 5.56 Å². The minimum Gasteiger partial charge on any atom is -0.497 e. The number of carbonyl (C=O) groups is 1. The monoisotopic (exact) mass is 341 g/mol. The molecule has 0 radical (unpaired) electrons. The van der Waals surface area contributed by atoms with Crippen molar-refractivity contribution in [3.8, 4) is 5.75 Å². The van der Waals surface area contributed by atoms with E-state index in [9.17, 15) is 14.0 Å². The maximum Gasteiger partial charge on any atom is 0.258 e. The molecule has 25 heavy (non-hydrogen) atoms. The number of amides is 1. The van der Waals surface area contributed by atoms with Gasteiger partial charge in [-0.25, -0.2) is 9.37 Å². The lowest BCUT2D eigenvalue weighted by molar-refractivity contribution is -0.120. The number of nitrogens with one attached hydrogen (secondary N) is 2. The molecule has 0 fully saturated rings. The van der Waals surface area contributed by atoms with Crippen molar-refractivity contribution in [1.82, 2.24) is 15.3 Å². The zero-order chi connectivity index (χ0) is 17.8. The summed E-state index contributed by atoms with van der Waals surface area (Å²) < 4.78 is 18.4. The van der Waals surface area contributed by atoms with Gasteiger partial charge in [0.15, 0.2) is 0 Å². The van der Waals surface area contributed by atoms with Crippen LogP contribution in [0.1, 0.15) is 11.4 Å². The number of halogens is 1. The molecular formula is C18H16FN3O3. The number of nitrogens with zero attached hydrogens (tertiary/aromatic N) is 1. The fraction of sp³-hybridized carbons (Fsp3) is 0.167. The number of H-pyrrole nitrogens is 1. The second kappa shape index (κ2) is 7.12. The van der Waals surface area contributed by atoms with Gasteiger partial charge in [-0.15, -0.1) is 0 Å². The van der Waals surface area contributed by atoms with Crippen molar-refractivity contribution in [2.24, 2.45) is 0 Å². The van der Waals surface area contributed by atoms with Crippen molar-refractivity contribution in [2.75, 3.05) is 7.11 Å². The van der Waals surface area contributed by atoms with E-state index >= 15 is 0 Å². The molecule has 2 aromatic carbocycles. The lowest BCUT2D eigenvalue weighted by atomic mass is 10.2. The third-order valence-corrected chi connectivity index (χ3v) is 3.69. The highest BCUT2D eigenvalue weighted by atomic mass is 19.1. The fourth-order valence-corrected chi connectivity index (χ4v) is 2.40. The van der Waals surface area contributed by atoms with Crippen molar-refractivity contribution in [3.05, 3.63) is 70.0 Å².